The Morgan fingerprint density at radius 3 is 3.05 bits per heavy atom. The van der Waals surface area contributed by atoms with Crippen molar-refractivity contribution in [3.8, 4) is 0 Å². The van der Waals surface area contributed by atoms with Crippen LogP contribution in [0.5, 0.6) is 0 Å². The number of nitrogens with one attached hydrogen (secondary N) is 1. The first-order valence-corrected chi connectivity index (χ1v) is 7.32. The topological polar surface area (TPSA) is 32.3 Å². The van der Waals surface area contributed by atoms with Gasteiger partial charge in [-0.05, 0) is 49.4 Å². The first-order valence-electron chi connectivity index (χ1n) is 6.94. The number of rotatable bonds is 1. The van der Waals surface area contributed by atoms with Crippen molar-refractivity contribution in [3.05, 3.63) is 34.3 Å². The van der Waals surface area contributed by atoms with E-state index in [1.54, 1.807) is 0 Å². The molecule has 19 heavy (non-hydrogen) atoms. The summed E-state index contributed by atoms with van der Waals surface area (Å²) >= 11 is 6.03. The third-order valence-corrected chi connectivity index (χ3v) is 4.77. The van der Waals surface area contributed by atoms with Gasteiger partial charge in [-0.15, -0.1) is 0 Å². The van der Waals surface area contributed by atoms with Gasteiger partial charge in [-0.2, -0.15) is 0 Å². The van der Waals surface area contributed by atoms with Gasteiger partial charge in [0.15, 0.2) is 0 Å². The van der Waals surface area contributed by atoms with Crippen molar-refractivity contribution in [2.24, 2.45) is 5.92 Å². The summed E-state index contributed by atoms with van der Waals surface area (Å²) in [6.45, 7) is 4.80. The van der Waals surface area contributed by atoms with Crippen LogP contribution in [0.2, 0.25) is 5.02 Å². The average Bonchev–Trinajstić information content (AvgIpc) is 2.89. The zero-order valence-corrected chi connectivity index (χ0v) is 11.9. The second-order valence-electron chi connectivity index (χ2n) is 5.59. The third-order valence-electron chi connectivity index (χ3n) is 4.34. The molecule has 0 saturated carbocycles. The number of halogens is 1. The van der Waals surface area contributed by atoms with E-state index in [1.807, 2.05) is 25.1 Å². The summed E-state index contributed by atoms with van der Waals surface area (Å²) < 4.78 is 0. The highest BCUT2D eigenvalue weighted by atomic mass is 35.5. The lowest BCUT2D eigenvalue weighted by Gasteiger charge is -2.37. The molecule has 2 saturated heterocycles. The minimum atomic E-state index is 0.151. The van der Waals surface area contributed by atoms with Crippen LogP contribution in [-0.2, 0) is 0 Å². The van der Waals surface area contributed by atoms with Crippen LogP contribution in [0.3, 0.4) is 0 Å². The monoisotopic (exact) mass is 278 g/mol. The molecule has 2 fully saturated rings. The van der Waals surface area contributed by atoms with Gasteiger partial charge in [-0.25, -0.2) is 0 Å². The number of carbonyl (C=O) groups excluding carboxylic acids is 1. The normalized spacial score (nSPS) is 26.3. The van der Waals surface area contributed by atoms with Gasteiger partial charge in [0.1, 0.15) is 0 Å². The molecular formula is C15H19ClN2O. The lowest BCUT2D eigenvalue weighted by Crippen LogP contribution is -2.48. The minimum Gasteiger partial charge on any atom is -0.334 e. The van der Waals surface area contributed by atoms with E-state index in [4.69, 9.17) is 11.6 Å². The molecule has 1 amide bonds. The van der Waals surface area contributed by atoms with Crippen molar-refractivity contribution in [3.63, 3.8) is 0 Å². The molecule has 2 atom stereocenters. The Bertz CT molecular complexity index is 503. The van der Waals surface area contributed by atoms with Crippen molar-refractivity contribution in [2.75, 3.05) is 19.6 Å². The average molecular weight is 279 g/mol. The van der Waals surface area contributed by atoms with Crippen LogP contribution in [0.15, 0.2) is 18.2 Å². The maximum atomic E-state index is 12.7. The number of aryl methyl sites for hydroxylation is 1. The predicted molar refractivity (Wildman–Crippen MR) is 76.6 cm³/mol. The summed E-state index contributed by atoms with van der Waals surface area (Å²) in [5, 5.41) is 4.12. The van der Waals surface area contributed by atoms with Crippen molar-refractivity contribution < 1.29 is 4.79 Å². The Kier molecular flexibility index (Phi) is 3.50. The summed E-state index contributed by atoms with van der Waals surface area (Å²) in [5.74, 6) is 0.782. The molecule has 0 bridgehead atoms. The minimum absolute atomic E-state index is 0.151. The van der Waals surface area contributed by atoms with E-state index in [0.29, 0.717) is 12.0 Å². The van der Waals surface area contributed by atoms with Crippen LogP contribution in [0.25, 0.3) is 0 Å². The molecule has 2 aliphatic heterocycles. The van der Waals surface area contributed by atoms with Crippen molar-refractivity contribution >= 4 is 17.5 Å². The molecule has 2 unspecified atom stereocenters. The van der Waals surface area contributed by atoms with Gasteiger partial charge in [0.05, 0.1) is 0 Å². The number of amides is 1. The second-order valence-corrected chi connectivity index (χ2v) is 6.00. The Morgan fingerprint density at radius 2 is 2.26 bits per heavy atom. The molecular weight excluding hydrogens is 260 g/mol. The smallest absolute Gasteiger partial charge is 0.254 e. The molecule has 102 valence electrons. The molecule has 3 rings (SSSR count). The van der Waals surface area contributed by atoms with Gasteiger partial charge in [0, 0.05) is 36.3 Å². The Labute approximate surface area is 118 Å². The van der Waals surface area contributed by atoms with Gasteiger partial charge in [0.2, 0.25) is 0 Å². The van der Waals surface area contributed by atoms with Gasteiger partial charge in [-0.3, -0.25) is 4.79 Å². The van der Waals surface area contributed by atoms with E-state index in [-0.39, 0.29) is 5.91 Å². The largest absolute Gasteiger partial charge is 0.334 e. The van der Waals surface area contributed by atoms with Crippen molar-refractivity contribution in [1.82, 2.24) is 10.2 Å². The van der Waals surface area contributed by atoms with Gasteiger partial charge < -0.3 is 10.2 Å². The number of piperidine rings is 1. The predicted octanol–water partition coefficient (Wildman–Crippen LogP) is 2.47. The molecule has 0 aliphatic carbocycles. The van der Waals surface area contributed by atoms with E-state index in [1.165, 1.54) is 6.42 Å². The summed E-state index contributed by atoms with van der Waals surface area (Å²) in [6.07, 6.45) is 2.35. The molecule has 0 aromatic heterocycles. The standard InChI is InChI=1S/C15H19ClN2O/c1-10-7-11(4-5-13(10)16)15(19)18-6-2-3-12-8-17-9-14(12)18/h4-5,7,12,14,17H,2-3,6,8-9H2,1H3. The van der Waals surface area contributed by atoms with E-state index < -0.39 is 0 Å². The maximum Gasteiger partial charge on any atom is 0.254 e. The number of likely N-dealkylation sites (tertiary alicyclic amines) is 1. The number of hydrogen-bond donors (Lipinski definition) is 1. The highest BCUT2D eigenvalue weighted by molar-refractivity contribution is 6.31. The van der Waals surface area contributed by atoms with Crippen LogP contribution in [0, 0.1) is 12.8 Å². The second kappa shape index (κ2) is 5.14. The van der Waals surface area contributed by atoms with Gasteiger partial charge in [0.25, 0.3) is 5.91 Å². The van der Waals surface area contributed by atoms with Crippen LogP contribution in [-0.4, -0.2) is 36.5 Å². The molecule has 1 aromatic rings. The van der Waals surface area contributed by atoms with Gasteiger partial charge >= 0.3 is 0 Å². The van der Waals surface area contributed by atoms with E-state index in [0.717, 1.165) is 42.2 Å². The molecule has 3 nitrogen and oxygen atoms in total. The maximum absolute atomic E-state index is 12.7. The fourth-order valence-electron chi connectivity index (χ4n) is 3.26. The van der Waals surface area contributed by atoms with Crippen molar-refractivity contribution in [1.29, 1.82) is 0 Å². The lowest BCUT2D eigenvalue weighted by molar-refractivity contribution is 0.0574. The van der Waals surface area contributed by atoms with Crippen LogP contribution >= 0.6 is 11.6 Å². The Balaban J connectivity index is 1.84. The fraction of sp³-hybridized carbons (Fsp3) is 0.533. The summed E-state index contributed by atoms with van der Waals surface area (Å²) in [4.78, 5) is 14.7. The number of hydrogen-bond acceptors (Lipinski definition) is 2. The number of carbonyl (C=O) groups is 1. The van der Waals surface area contributed by atoms with Crippen LogP contribution in [0.4, 0.5) is 0 Å². The molecule has 1 aromatic carbocycles. The van der Waals surface area contributed by atoms with E-state index in [9.17, 15) is 4.79 Å². The van der Waals surface area contributed by atoms with Crippen LogP contribution in [0.1, 0.15) is 28.8 Å². The van der Waals surface area contributed by atoms with E-state index >= 15 is 0 Å². The third kappa shape index (κ3) is 2.37. The molecule has 2 heterocycles. The Morgan fingerprint density at radius 1 is 1.42 bits per heavy atom. The summed E-state index contributed by atoms with van der Waals surface area (Å²) in [5.41, 5.74) is 1.72. The zero-order valence-electron chi connectivity index (χ0n) is 11.2. The number of benzene rings is 1. The first-order chi connectivity index (χ1) is 9.16. The van der Waals surface area contributed by atoms with Crippen molar-refractivity contribution in [2.45, 2.75) is 25.8 Å². The number of nitrogens with zero attached hydrogens (tertiary/aromatic N) is 1. The highest BCUT2D eigenvalue weighted by Gasteiger charge is 2.37. The molecule has 2 aliphatic rings. The molecule has 4 heteroatoms. The Hall–Kier alpha value is -1.06. The zero-order chi connectivity index (χ0) is 13.4. The summed E-state index contributed by atoms with van der Waals surface area (Å²) in [6, 6.07) is 5.93. The summed E-state index contributed by atoms with van der Waals surface area (Å²) in [7, 11) is 0. The highest BCUT2D eigenvalue weighted by Crippen LogP contribution is 2.28. The molecule has 0 radical (unpaired) electrons. The lowest BCUT2D eigenvalue weighted by atomic mass is 9.91. The fourth-order valence-corrected chi connectivity index (χ4v) is 3.38. The van der Waals surface area contributed by atoms with Gasteiger partial charge in [-0.1, -0.05) is 11.6 Å². The molecule has 1 N–H and O–H groups in total. The number of fused-ring (bicyclic) bond motifs is 1. The molecule has 0 spiro atoms. The van der Waals surface area contributed by atoms with Crippen LogP contribution < -0.4 is 5.32 Å². The van der Waals surface area contributed by atoms with E-state index in [2.05, 4.69) is 10.2 Å². The first kappa shape index (κ1) is 12.9. The quantitative estimate of drug-likeness (QED) is 0.856. The SMILES string of the molecule is Cc1cc(C(=O)N2CCCC3CNCC32)ccc1Cl.